The molecule has 0 spiro atoms. The topological polar surface area (TPSA) is 48.7 Å². The zero-order valence-electron chi connectivity index (χ0n) is 12.5. The van der Waals surface area contributed by atoms with Gasteiger partial charge in [-0.3, -0.25) is 4.79 Å². The van der Waals surface area contributed by atoms with E-state index in [1.165, 1.54) is 6.07 Å². The molecule has 112 valence electrons. The van der Waals surface area contributed by atoms with Gasteiger partial charge in [-0.05, 0) is 35.9 Å². The van der Waals surface area contributed by atoms with Crippen LogP contribution in [0.15, 0.2) is 57.7 Å². The standard InChI is InChI=1S/C18H16O4/c1-20-13-5-3-12(4-6-13)9-15-11-17(19)16-10-14(21-2)7-8-18(16)22-15/h3-8,10-11H,9H2,1-2H3. The molecule has 0 amide bonds. The van der Waals surface area contributed by atoms with Crippen molar-refractivity contribution in [3.05, 3.63) is 70.1 Å². The van der Waals surface area contributed by atoms with Gasteiger partial charge < -0.3 is 13.9 Å². The monoisotopic (exact) mass is 296 g/mol. The lowest BCUT2D eigenvalue weighted by Crippen LogP contribution is -2.03. The van der Waals surface area contributed by atoms with Crippen LogP contribution in [0.1, 0.15) is 11.3 Å². The second-order valence-electron chi connectivity index (χ2n) is 4.96. The Balaban J connectivity index is 1.95. The molecular weight excluding hydrogens is 280 g/mol. The number of ether oxygens (including phenoxy) is 2. The Morgan fingerprint density at radius 3 is 2.27 bits per heavy atom. The third-order valence-corrected chi connectivity index (χ3v) is 3.52. The van der Waals surface area contributed by atoms with Crippen molar-refractivity contribution in [1.29, 1.82) is 0 Å². The molecule has 0 aliphatic carbocycles. The van der Waals surface area contributed by atoms with Crippen molar-refractivity contribution in [1.82, 2.24) is 0 Å². The van der Waals surface area contributed by atoms with Crippen LogP contribution in [0, 0.1) is 0 Å². The quantitative estimate of drug-likeness (QED) is 0.740. The minimum Gasteiger partial charge on any atom is -0.497 e. The predicted molar refractivity (Wildman–Crippen MR) is 84.8 cm³/mol. The minimum atomic E-state index is -0.0661. The first-order valence-corrected chi connectivity index (χ1v) is 6.93. The first-order valence-electron chi connectivity index (χ1n) is 6.93. The average Bonchev–Trinajstić information content (AvgIpc) is 2.55. The van der Waals surface area contributed by atoms with Crippen LogP contribution in [0.4, 0.5) is 0 Å². The molecule has 0 fully saturated rings. The molecule has 0 aliphatic rings. The van der Waals surface area contributed by atoms with Crippen LogP contribution in [0.3, 0.4) is 0 Å². The Bertz CT molecular complexity index is 847. The van der Waals surface area contributed by atoms with Crippen LogP contribution in [-0.4, -0.2) is 14.2 Å². The summed E-state index contributed by atoms with van der Waals surface area (Å²) in [6.07, 6.45) is 0.557. The minimum absolute atomic E-state index is 0.0661. The normalized spacial score (nSPS) is 10.6. The first kappa shape index (κ1) is 14.2. The largest absolute Gasteiger partial charge is 0.497 e. The maximum atomic E-state index is 12.2. The molecule has 2 aromatic carbocycles. The third-order valence-electron chi connectivity index (χ3n) is 3.52. The van der Waals surface area contributed by atoms with Crippen LogP contribution in [0.25, 0.3) is 11.0 Å². The lowest BCUT2D eigenvalue weighted by Gasteiger charge is -2.06. The molecule has 0 saturated heterocycles. The SMILES string of the molecule is COc1ccc(Cc2cc(=O)c3cc(OC)ccc3o2)cc1. The zero-order valence-corrected chi connectivity index (χ0v) is 12.5. The highest BCUT2D eigenvalue weighted by Crippen LogP contribution is 2.21. The van der Waals surface area contributed by atoms with Gasteiger partial charge in [0.05, 0.1) is 19.6 Å². The van der Waals surface area contributed by atoms with Crippen molar-refractivity contribution in [3.8, 4) is 11.5 Å². The molecule has 0 radical (unpaired) electrons. The molecule has 22 heavy (non-hydrogen) atoms. The highest BCUT2D eigenvalue weighted by atomic mass is 16.5. The van der Waals surface area contributed by atoms with E-state index >= 15 is 0 Å². The van der Waals surface area contributed by atoms with Gasteiger partial charge in [-0.15, -0.1) is 0 Å². The van der Waals surface area contributed by atoms with Crippen LogP contribution in [0.5, 0.6) is 11.5 Å². The Kier molecular flexibility index (Phi) is 3.83. The summed E-state index contributed by atoms with van der Waals surface area (Å²) in [5.74, 6) is 2.08. The van der Waals surface area contributed by atoms with Gasteiger partial charge in [-0.1, -0.05) is 12.1 Å². The zero-order chi connectivity index (χ0) is 15.5. The second-order valence-corrected chi connectivity index (χ2v) is 4.96. The van der Waals surface area contributed by atoms with E-state index in [-0.39, 0.29) is 5.43 Å². The molecule has 1 aromatic heterocycles. The molecule has 0 unspecified atom stereocenters. The predicted octanol–water partition coefficient (Wildman–Crippen LogP) is 3.40. The van der Waals surface area contributed by atoms with Gasteiger partial charge in [-0.25, -0.2) is 0 Å². The van der Waals surface area contributed by atoms with E-state index in [1.807, 2.05) is 24.3 Å². The highest BCUT2D eigenvalue weighted by Gasteiger charge is 2.07. The summed E-state index contributed by atoms with van der Waals surface area (Å²) < 4.78 is 16.1. The molecular formula is C18H16O4. The van der Waals surface area contributed by atoms with Crippen LogP contribution in [-0.2, 0) is 6.42 Å². The molecule has 0 aliphatic heterocycles. The summed E-state index contributed by atoms with van der Waals surface area (Å²) in [4.78, 5) is 12.2. The number of hydrogen-bond acceptors (Lipinski definition) is 4. The summed E-state index contributed by atoms with van der Waals surface area (Å²) in [7, 11) is 3.20. The lowest BCUT2D eigenvalue weighted by molar-refractivity contribution is 0.414. The Hall–Kier alpha value is -2.75. The average molecular weight is 296 g/mol. The maximum Gasteiger partial charge on any atom is 0.193 e. The lowest BCUT2D eigenvalue weighted by atomic mass is 10.1. The Labute approximate surface area is 127 Å². The molecule has 4 nitrogen and oxygen atoms in total. The molecule has 3 rings (SSSR count). The Morgan fingerprint density at radius 2 is 1.59 bits per heavy atom. The van der Waals surface area contributed by atoms with Gasteiger partial charge in [-0.2, -0.15) is 0 Å². The van der Waals surface area contributed by atoms with Crippen molar-refractivity contribution in [2.24, 2.45) is 0 Å². The van der Waals surface area contributed by atoms with Gasteiger partial charge >= 0.3 is 0 Å². The van der Waals surface area contributed by atoms with Crippen molar-refractivity contribution in [2.75, 3.05) is 14.2 Å². The summed E-state index contributed by atoms with van der Waals surface area (Å²) >= 11 is 0. The third kappa shape index (κ3) is 2.81. The molecule has 0 atom stereocenters. The smallest absolute Gasteiger partial charge is 0.193 e. The molecule has 1 heterocycles. The maximum absolute atomic E-state index is 12.2. The number of hydrogen-bond donors (Lipinski definition) is 0. The number of fused-ring (bicyclic) bond motifs is 1. The van der Waals surface area contributed by atoms with Crippen LogP contribution >= 0.6 is 0 Å². The van der Waals surface area contributed by atoms with E-state index in [2.05, 4.69) is 0 Å². The highest BCUT2D eigenvalue weighted by molar-refractivity contribution is 5.78. The second kappa shape index (κ2) is 5.93. The molecule has 0 bridgehead atoms. The fraction of sp³-hybridized carbons (Fsp3) is 0.167. The van der Waals surface area contributed by atoms with Crippen molar-refractivity contribution in [2.45, 2.75) is 6.42 Å². The molecule has 4 heteroatoms. The first-order chi connectivity index (χ1) is 10.7. The summed E-state index contributed by atoms with van der Waals surface area (Å²) in [5.41, 5.74) is 1.55. The summed E-state index contributed by atoms with van der Waals surface area (Å²) in [6.45, 7) is 0. The molecule has 3 aromatic rings. The summed E-state index contributed by atoms with van der Waals surface area (Å²) in [6, 6.07) is 14.5. The van der Waals surface area contributed by atoms with E-state index in [0.29, 0.717) is 28.9 Å². The summed E-state index contributed by atoms with van der Waals surface area (Å²) in [5, 5.41) is 0.526. The molecule has 0 saturated carbocycles. The van der Waals surface area contributed by atoms with Gasteiger partial charge in [0.2, 0.25) is 0 Å². The van der Waals surface area contributed by atoms with E-state index in [1.54, 1.807) is 32.4 Å². The number of rotatable bonds is 4. The number of methoxy groups -OCH3 is 2. The van der Waals surface area contributed by atoms with E-state index in [9.17, 15) is 4.79 Å². The van der Waals surface area contributed by atoms with Crippen LogP contribution in [0.2, 0.25) is 0 Å². The van der Waals surface area contributed by atoms with Crippen LogP contribution < -0.4 is 14.9 Å². The van der Waals surface area contributed by atoms with Crippen molar-refractivity contribution >= 4 is 11.0 Å². The van der Waals surface area contributed by atoms with Crippen molar-refractivity contribution in [3.63, 3.8) is 0 Å². The van der Waals surface area contributed by atoms with Crippen molar-refractivity contribution < 1.29 is 13.9 Å². The Morgan fingerprint density at radius 1 is 0.909 bits per heavy atom. The van der Waals surface area contributed by atoms with Gasteiger partial charge in [0.25, 0.3) is 0 Å². The fourth-order valence-corrected chi connectivity index (χ4v) is 2.34. The van der Waals surface area contributed by atoms with E-state index in [0.717, 1.165) is 11.3 Å². The molecule has 0 N–H and O–H groups in total. The fourth-order valence-electron chi connectivity index (χ4n) is 2.34. The van der Waals surface area contributed by atoms with Gasteiger partial charge in [0.1, 0.15) is 22.8 Å². The van der Waals surface area contributed by atoms with Gasteiger partial charge in [0, 0.05) is 12.5 Å². The van der Waals surface area contributed by atoms with Gasteiger partial charge in [0.15, 0.2) is 5.43 Å². The number of benzene rings is 2. The van der Waals surface area contributed by atoms with E-state index < -0.39 is 0 Å². The van der Waals surface area contributed by atoms with E-state index in [4.69, 9.17) is 13.9 Å².